The summed E-state index contributed by atoms with van der Waals surface area (Å²) in [5.41, 5.74) is 2.75. The molecule has 2 aromatic rings. The molecule has 0 spiro atoms. The zero-order chi connectivity index (χ0) is 20.7. The molecule has 0 radical (unpaired) electrons. The van der Waals surface area contributed by atoms with Crippen molar-refractivity contribution in [2.45, 2.75) is 32.6 Å². The second-order valence-electron chi connectivity index (χ2n) is 6.99. The van der Waals surface area contributed by atoms with E-state index < -0.39 is 10.0 Å². The van der Waals surface area contributed by atoms with Crippen molar-refractivity contribution in [3.8, 4) is 0 Å². The van der Waals surface area contributed by atoms with Crippen LogP contribution in [-0.4, -0.2) is 33.7 Å². The maximum absolute atomic E-state index is 12.2. The number of carbonyl (C=O) groups excluding carboxylic acids is 1. The summed E-state index contributed by atoms with van der Waals surface area (Å²) in [6, 6.07) is 15.7. The summed E-state index contributed by atoms with van der Waals surface area (Å²) in [5, 5.41) is 2.94. The Bertz CT molecular complexity index is 901. The Labute approximate surface area is 181 Å². The summed E-state index contributed by atoms with van der Waals surface area (Å²) in [7, 11) is -3.41. The quantitative estimate of drug-likeness (QED) is 0.514. The maximum Gasteiger partial charge on any atom is 0.232 e. The Morgan fingerprint density at radius 2 is 1.86 bits per heavy atom. The van der Waals surface area contributed by atoms with E-state index in [4.69, 9.17) is 0 Å². The monoisotopic (exact) mass is 514 g/mol. The lowest BCUT2D eigenvalue weighted by molar-refractivity contribution is -0.121. The normalized spacial score (nSPS) is 12.4. The Kier molecular flexibility index (Phi) is 8.30. The van der Waals surface area contributed by atoms with Crippen LogP contribution in [-0.2, 0) is 14.8 Å². The molecule has 2 aromatic carbocycles. The van der Waals surface area contributed by atoms with Crippen molar-refractivity contribution in [1.82, 2.24) is 5.32 Å². The lowest BCUT2D eigenvalue weighted by atomic mass is 10.0. The SMILES string of the molecule is Cc1cc(I)ccc1N(CCCC(=O)NCC(C)c1ccccc1)S(C)(=O)=O. The van der Waals surface area contributed by atoms with E-state index in [1.807, 2.05) is 55.5 Å². The van der Waals surface area contributed by atoms with Gasteiger partial charge < -0.3 is 5.32 Å². The fraction of sp³-hybridized carbons (Fsp3) is 0.381. The number of aryl methyl sites for hydroxylation is 1. The molecule has 1 unspecified atom stereocenters. The summed E-state index contributed by atoms with van der Waals surface area (Å²) in [5.74, 6) is 0.169. The van der Waals surface area contributed by atoms with Gasteiger partial charge in [-0.1, -0.05) is 37.3 Å². The lowest BCUT2D eigenvalue weighted by Gasteiger charge is -2.24. The fourth-order valence-corrected chi connectivity index (χ4v) is 4.67. The second kappa shape index (κ2) is 10.2. The molecule has 0 aliphatic carbocycles. The van der Waals surface area contributed by atoms with Gasteiger partial charge in [0.05, 0.1) is 11.9 Å². The third-order valence-corrected chi connectivity index (χ3v) is 6.42. The van der Waals surface area contributed by atoms with E-state index in [2.05, 4.69) is 34.8 Å². The molecule has 2 rings (SSSR count). The Morgan fingerprint density at radius 3 is 2.46 bits per heavy atom. The topological polar surface area (TPSA) is 66.5 Å². The van der Waals surface area contributed by atoms with Crippen LogP contribution in [0.4, 0.5) is 5.69 Å². The van der Waals surface area contributed by atoms with Crippen LogP contribution in [0.2, 0.25) is 0 Å². The Hall–Kier alpha value is -1.61. The molecule has 0 bridgehead atoms. The van der Waals surface area contributed by atoms with E-state index in [1.54, 1.807) is 0 Å². The van der Waals surface area contributed by atoms with Crippen molar-refractivity contribution < 1.29 is 13.2 Å². The Balaban J connectivity index is 1.89. The number of sulfonamides is 1. The fourth-order valence-electron chi connectivity index (χ4n) is 3.00. The Morgan fingerprint density at radius 1 is 1.18 bits per heavy atom. The third-order valence-electron chi connectivity index (χ3n) is 4.57. The predicted octanol–water partition coefficient (Wildman–Crippen LogP) is 4.07. The van der Waals surface area contributed by atoms with Gasteiger partial charge in [-0.25, -0.2) is 8.42 Å². The molecule has 1 amide bonds. The molecule has 0 saturated carbocycles. The predicted molar refractivity (Wildman–Crippen MR) is 123 cm³/mol. The molecule has 5 nitrogen and oxygen atoms in total. The van der Waals surface area contributed by atoms with E-state index in [9.17, 15) is 13.2 Å². The number of nitrogens with zero attached hydrogens (tertiary/aromatic N) is 1. The molecular weight excluding hydrogens is 487 g/mol. The van der Waals surface area contributed by atoms with Crippen molar-refractivity contribution in [1.29, 1.82) is 0 Å². The number of rotatable bonds is 9. The summed E-state index contributed by atoms with van der Waals surface area (Å²) in [4.78, 5) is 12.2. The minimum Gasteiger partial charge on any atom is -0.356 e. The highest BCUT2D eigenvalue weighted by Gasteiger charge is 2.19. The minimum absolute atomic E-state index is 0.0597. The van der Waals surface area contributed by atoms with Crippen LogP contribution < -0.4 is 9.62 Å². The van der Waals surface area contributed by atoms with Gasteiger partial charge in [0.25, 0.3) is 0 Å². The van der Waals surface area contributed by atoms with Gasteiger partial charge in [-0.3, -0.25) is 9.10 Å². The van der Waals surface area contributed by atoms with Crippen LogP contribution in [0.15, 0.2) is 48.5 Å². The molecule has 1 N–H and O–H groups in total. The van der Waals surface area contributed by atoms with Gasteiger partial charge in [-0.05, 0) is 71.2 Å². The summed E-state index contributed by atoms with van der Waals surface area (Å²) < 4.78 is 26.9. The molecule has 0 aliphatic heterocycles. The molecule has 152 valence electrons. The van der Waals surface area contributed by atoms with E-state index in [-0.39, 0.29) is 24.8 Å². The first-order valence-electron chi connectivity index (χ1n) is 9.24. The highest BCUT2D eigenvalue weighted by Crippen LogP contribution is 2.24. The molecule has 7 heteroatoms. The van der Waals surface area contributed by atoms with E-state index in [0.29, 0.717) is 18.7 Å². The highest BCUT2D eigenvalue weighted by molar-refractivity contribution is 14.1. The smallest absolute Gasteiger partial charge is 0.232 e. The van der Waals surface area contributed by atoms with Gasteiger partial charge in [0.1, 0.15) is 0 Å². The number of benzene rings is 2. The average Bonchev–Trinajstić information content (AvgIpc) is 2.64. The van der Waals surface area contributed by atoms with Crippen LogP contribution in [0.1, 0.15) is 36.8 Å². The third kappa shape index (κ3) is 6.77. The van der Waals surface area contributed by atoms with Gasteiger partial charge in [-0.15, -0.1) is 0 Å². The molecular formula is C21H27IN2O3S. The zero-order valence-electron chi connectivity index (χ0n) is 16.5. The summed E-state index contributed by atoms with van der Waals surface area (Å²) in [6.45, 7) is 4.81. The molecule has 0 saturated heterocycles. The van der Waals surface area contributed by atoms with Crippen molar-refractivity contribution in [3.05, 3.63) is 63.2 Å². The molecule has 28 heavy (non-hydrogen) atoms. The van der Waals surface area contributed by atoms with E-state index in [0.717, 1.165) is 9.13 Å². The number of hydrogen-bond acceptors (Lipinski definition) is 3. The number of carbonyl (C=O) groups is 1. The maximum atomic E-state index is 12.2. The van der Waals surface area contributed by atoms with Crippen molar-refractivity contribution in [2.24, 2.45) is 0 Å². The van der Waals surface area contributed by atoms with Crippen LogP contribution in [0.25, 0.3) is 0 Å². The summed E-state index contributed by atoms with van der Waals surface area (Å²) in [6.07, 6.45) is 1.95. The van der Waals surface area contributed by atoms with Crippen molar-refractivity contribution in [3.63, 3.8) is 0 Å². The standard InChI is InChI=1S/C21H27IN2O3S/c1-16-14-19(22)11-12-20(16)24(28(3,26)27)13-7-10-21(25)23-15-17(2)18-8-5-4-6-9-18/h4-6,8-9,11-12,14,17H,7,10,13,15H2,1-3H3,(H,23,25). The number of hydrogen-bond donors (Lipinski definition) is 1. The average molecular weight is 514 g/mol. The largest absolute Gasteiger partial charge is 0.356 e. The molecule has 1 atom stereocenters. The molecule has 0 aliphatic rings. The number of halogens is 1. The number of nitrogens with one attached hydrogen (secondary N) is 1. The van der Waals surface area contributed by atoms with Gasteiger partial charge in [0, 0.05) is 23.1 Å². The van der Waals surface area contributed by atoms with Gasteiger partial charge >= 0.3 is 0 Å². The first-order valence-corrected chi connectivity index (χ1v) is 12.2. The van der Waals surface area contributed by atoms with Crippen molar-refractivity contribution in [2.75, 3.05) is 23.7 Å². The van der Waals surface area contributed by atoms with Crippen LogP contribution >= 0.6 is 22.6 Å². The van der Waals surface area contributed by atoms with E-state index in [1.165, 1.54) is 16.1 Å². The minimum atomic E-state index is -3.41. The molecule has 0 aromatic heterocycles. The highest BCUT2D eigenvalue weighted by atomic mass is 127. The molecule has 0 heterocycles. The molecule has 0 fully saturated rings. The second-order valence-corrected chi connectivity index (χ2v) is 10.1. The first-order chi connectivity index (χ1) is 13.2. The van der Waals surface area contributed by atoms with Crippen LogP contribution in [0.3, 0.4) is 0 Å². The van der Waals surface area contributed by atoms with E-state index >= 15 is 0 Å². The summed E-state index contributed by atoms with van der Waals surface area (Å²) >= 11 is 2.20. The van der Waals surface area contributed by atoms with Crippen LogP contribution in [0.5, 0.6) is 0 Å². The van der Waals surface area contributed by atoms with Crippen molar-refractivity contribution >= 4 is 44.2 Å². The zero-order valence-corrected chi connectivity index (χ0v) is 19.5. The number of amides is 1. The van der Waals surface area contributed by atoms with Crippen LogP contribution in [0, 0.1) is 10.5 Å². The lowest BCUT2D eigenvalue weighted by Crippen LogP contribution is -2.33. The van der Waals surface area contributed by atoms with Gasteiger partial charge in [0.15, 0.2) is 0 Å². The van der Waals surface area contributed by atoms with Gasteiger partial charge in [0.2, 0.25) is 15.9 Å². The van der Waals surface area contributed by atoms with Gasteiger partial charge in [-0.2, -0.15) is 0 Å². The number of anilines is 1. The first kappa shape index (κ1) is 22.7.